The van der Waals surface area contributed by atoms with Crippen LogP contribution in [0, 0.1) is 13.8 Å². The minimum absolute atomic E-state index is 0.440. The zero-order valence-corrected chi connectivity index (χ0v) is 10.7. The van der Waals surface area contributed by atoms with Crippen LogP contribution in [0.3, 0.4) is 0 Å². The number of nitrogens with two attached hydrogens (primary N) is 2. The van der Waals surface area contributed by atoms with Crippen LogP contribution < -0.4 is 16.4 Å². The lowest BCUT2D eigenvalue weighted by Gasteiger charge is -2.21. The highest BCUT2D eigenvalue weighted by atomic mass is 16.1. The molecular weight excluding hydrogens is 216 g/mol. The summed E-state index contributed by atoms with van der Waals surface area (Å²) in [7, 11) is 1.89. The Bertz CT molecular complexity index is 417. The zero-order valence-electron chi connectivity index (χ0n) is 10.7. The second kappa shape index (κ2) is 5.63. The number of anilines is 1. The van der Waals surface area contributed by atoms with Gasteiger partial charge in [0.2, 0.25) is 0 Å². The van der Waals surface area contributed by atoms with Crippen LogP contribution in [-0.4, -0.2) is 31.0 Å². The average Bonchev–Trinajstić information content (AvgIpc) is 2.23. The molecule has 0 atom stereocenters. The molecule has 0 aliphatic carbocycles. The number of primary amides is 1. The summed E-state index contributed by atoms with van der Waals surface area (Å²) >= 11 is 0. The van der Waals surface area contributed by atoms with E-state index in [2.05, 4.69) is 4.98 Å². The third-order valence-electron chi connectivity index (χ3n) is 2.63. The molecule has 0 aliphatic rings. The van der Waals surface area contributed by atoms with Crippen molar-refractivity contribution in [3.8, 4) is 0 Å². The lowest BCUT2D eigenvalue weighted by atomic mass is 10.1. The van der Waals surface area contributed by atoms with E-state index in [0.717, 1.165) is 24.2 Å². The molecule has 1 heterocycles. The lowest BCUT2D eigenvalue weighted by molar-refractivity contribution is 0.1000. The summed E-state index contributed by atoms with van der Waals surface area (Å²) in [4.78, 5) is 17.8. The van der Waals surface area contributed by atoms with Gasteiger partial charge in [0.1, 0.15) is 5.82 Å². The lowest BCUT2D eigenvalue weighted by Crippen LogP contribution is -2.27. The molecule has 0 fully saturated rings. The number of nitrogens with zero attached hydrogens (tertiary/aromatic N) is 2. The van der Waals surface area contributed by atoms with Crippen molar-refractivity contribution in [2.45, 2.75) is 20.3 Å². The molecule has 0 saturated heterocycles. The van der Waals surface area contributed by atoms with Crippen molar-refractivity contribution in [3.63, 3.8) is 0 Å². The summed E-state index contributed by atoms with van der Waals surface area (Å²) < 4.78 is 0. The molecule has 17 heavy (non-hydrogen) atoms. The van der Waals surface area contributed by atoms with E-state index in [0.29, 0.717) is 17.9 Å². The van der Waals surface area contributed by atoms with Gasteiger partial charge in [-0.15, -0.1) is 0 Å². The molecule has 0 unspecified atom stereocenters. The molecule has 0 bridgehead atoms. The van der Waals surface area contributed by atoms with Crippen molar-refractivity contribution < 1.29 is 4.79 Å². The second-order valence-electron chi connectivity index (χ2n) is 4.21. The van der Waals surface area contributed by atoms with E-state index in [1.165, 1.54) is 0 Å². The van der Waals surface area contributed by atoms with Gasteiger partial charge in [0.05, 0.1) is 5.56 Å². The summed E-state index contributed by atoms with van der Waals surface area (Å²) in [5, 5.41) is 0. The van der Waals surface area contributed by atoms with Crippen molar-refractivity contribution in [1.29, 1.82) is 0 Å². The Labute approximate surface area is 102 Å². The maximum absolute atomic E-state index is 11.5. The Kier molecular flexibility index (Phi) is 4.45. The van der Waals surface area contributed by atoms with E-state index < -0.39 is 5.91 Å². The second-order valence-corrected chi connectivity index (χ2v) is 4.21. The molecule has 5 heteroatoms. The van der Waals surface area contributed by atoms with Crippen LogP contribution in [0.2, 0.25) is 0 Å². The first-order valence-corrected chi connectivity index (χ1v) is 5.66. The van der Waals surface area contributed by atoms with Gasteiger partial charge in [0, 0.05) is 19.3 Å². The van der Waals surface area contributed by atoms with Crippen LogP contribution in [0.1, 0.15) is 28.0 Å². The molecular formula is C12H20N4O. The maximum Gasteiger partial charge on any atom is 0.252 e. The van der Waals surface area contributed by atoms with Crippen LogP contribution in [0.25, 0.3) is 0 Å². The van der Waals surface area contributed by atoms with Gasteiger partial charge in [-0.1, -0.05) is 0 Å². The van der Waals surface area contributed by atoms with Gasteiger partial charge in [0.15, 0.2) is 0 Å². The molecule has 4 N–H and O–H groups in total. The van der Waals surface area contributed by atoms with E-state index in [1.807, 2.05) is 31.9 Å². The van der Waals surface area contributed by atoms with Crippen LogP contribution in [0.5, 0.6) is 0 Å². The highest BCUT2D eigenvalue weighted by molar-refractivity contribution is 5.99. The fourth-order valence-electron chi connectivity index (χ4n) is 1.83. The molecule has 0 saturated carbocycles. The van der Waals surface area contributed by atoms with Crippen molar-refractivity contribution in [2.24, 2.45) is 11.5 Å². The smallest absolute Gasteiger partial charge is 0.252 e. The minimum atomic E-state index is -0.440. The van der Waals surface area contributed by atoms with Gasteiger partial charge >= 0.3 is 0 Å². The summed E-state index contributed by atoms with van der Waals surface area (Å²) in [5.41, 5.74) is 13.1. The van der Waals surface area contributed by atoms with E-state index in [-0.39, 0.29) is 0 Å². The first-order valence-electron chi connectivity index (χ1n) is 5.66. The number of pyridine rings is 1. The molecule has 0 aromatic carbocycles. The van der Waals surface area contributed by atoms with Crippen molar-refractivity contribution in [2.75, 3.05) is 25.0 Å². The largest absolute Gasteiger partial charge is 0.365 e. The first-order chi connectivity index (χ1) is 7.97. The van der Waals surface area contributed by atoms with Crippen molar-refractivity contribution in [1.82, 2.24) is 4.98 Å². The maximum atomic E-state index is 11.5. The number of rotatable bonds is 5. The van der Waals surface area contributed by atoms with Crippen LogP contribution in [0.15, 0.2) is 6.07 Å². The normalized spacial score (nSPS) is 10.4. The predicted octanol–water partition coefficient (Wildman–Crippen LogP) is 0.582. The van der Waals surface area contributed by atoms with Crippen molar-refractivity contribution in [3.05, 3.63) is 22.9 Å². The highest BCUT2D eigenvalue weighted by Gasteiger charge is 2.16. The van der Waals surface area contributed by atoms with E-state index in [1.54, 1.807) is 0 Å². The number of amides is 1. The molecule has 94 valence electrons. The third-order valence-corrected chi connectivity index (χ3v) is 2.63. The minimum Gasteiger partial charge on any atom is -0.365 e. The number of carbonyl (C=O) groups excluding carboxylic acids is 1. The predicted molar refractivity (Wildman–Crippen MR) is 69.2 cm³/mol. The number of hydrogen-bond acceptors (Lipinski definition) is 4. The van der Waals surface area contributed by atoms with Gasteiger partial charge in [-0.05, 0) is 38.4 Å². The fraction of sp³-hybridized carbons (Fsp3) is 0.500. The molecule has 1 rings (SSSR count). The fourth-order valence-corrected chi connectivity index (χ4v) is 1.83. The molecule has 5 nitrogen and oxygen atoms in total. The summed E-state index contributed by atoms with van der Waals surface area (Å²) in [6.45, 7) is 5.14. The monoisotopic (exact) mass is 236 g/mol. The molecule has 0 radical (unpaired) electrons. The van der Waals surface area contributed by atoms with Gasteiger partial charge in [-0.2, -0.15) is 0 Å². The number of aryl methyl sites for hydroxylation is 2. The number of carbonyl (C=O) groups is 1. The Morgan fingerprint density at radius 1 is 1.47 bits per heavy atom. The molecule has 1 amide bonds. The van der Waals surface area contributed by atoms with Crippen LogP contribution in [0.4, 0.5) is 5.82 Å². The van der Waals surface area contributed by atoms with Crippen LogP contribution in [-0.2, 0) is 0 Å². The topological polar surface area (TPSA) is 85.2 Å². The Balaban J connectivity index is 3.15. The third kappa shape index (κ3) is 3.17. The number of hydrogen-bond donors (Lipinski definition) is 2. The zero-order chi connectivity index (χ0) is 13.0. The van der Waals surface area contributed by atoms with Gasteiger partial charge in [0.25, 0.3) is 5.91 Å². The van der Waals surface area contributed by atoms with E-state index >= 15 is 0 Å². The number of aromatic nitrogens is 1. The van der Waals surface area contributed by atoms with Gasteiger partial charge in [-0.25, -0.2) is 4.98 Å². The van der Waals surface area contributed by atoms with E-state index in [9.17, 15) is 4.79 Å². The highest BCUT2D eigenvalue weighted by Crippen LogP contribution is 2.21. The summed E-state index contributed by atoms with van der Waals surface area (Å²) in [6.07, 6.45) is 0.851. The summed E-state index contributed by atoms with van der Waals surface area (Å²) in [6, 6.07) is 1.86. The Morgan fingerprint density at radius 2 is 2.12 bits per heavy atom. The van der Waals surface area contributed by atoms with Crippen LogP contribution >= 0.6 is 0 Å². The average molecular weight is 236 g/mol. The molecule has 1 aromatic heterocycles. The van der Waals surface area contributed by atoms with Gasteiger partial charge in [-0.3, -0.25) is 4.79 Å². The quantitative estimate of drug-likeness (QED) is 0.783. The Hall–Kier alpha value is -1.62. The Morgan fingerprint density at radius 3 is 2.65 bits per heavy atom. The van der Waals surface area contributed by atoms with E-state index in [4.69, 9.17) is 11.5 Å². The summed E-state index contributed by atoms with van der Waals surface area (Å²) in [5.74, 6) is 0.202. The SMILES string of the molecule is Cc1cc(C)c(C(N)=O)c(N(C)CCCN)n1. The van der Waals surface area contributed by atoms with Crippen molar-refractivity contribution >= 4 is 11.7 Å². The standard InChI is InChI=1S/C12H20N4O/c1-8-7-9(2)15-12(10(8)11(14)17)16(3)6-4-5-13/h7H,4-6,13H2,1-3H3,(H2,14,17). The molecule has 0 aliphatic heterocycles. The first kappa shape index (κ1) is 13.4. The molecule has 0 spiro atoms. The van der Waals surface area contributed by atoms with Gasteiger partial charge < -0.3 is 16.4 Å². The molecule has 1 aromatic rings.